The Hall–Kier alpha value is -2.17. The number of fused-ring (bicyclic) bond motifs is 3. The van der Waals surface area contributed by atoms with Crippen molar-refractivity contribution in [2.45, 2.75) is 19.9 Å². The van der Waals surface area contributed by atoms with Crippen molar-refractivity contribution in [2.75, 3.05) is 13.6 Å². The lowest BCUT2D eigenvalue weighted by Gasteiger charge is -2.23. The van der Waals surface area contributed by atoms with Crippen molar-refractivity contribution in [3.05, 3.63) is 58.8 Å². The Morgan fingerprint density at radius 2 is 2.17 bits per heavy atom. The Bertz CT molecular complexity index is 927. The van der Waals surface area contributed by atoms with Gasteiger partial charge in [-0.25, -0.2) is 9.97 Å². The zero-order valence-corrected chi connectivity index (χ0v) is 14.6. The average molecular weight is 339 g/mol. The fourth-order valence-electron chi connectivity index (χ4n) is 3.43. The van der Waals surface area contributed by atoms with Crippen molar-refractivity contribution < 1.29 is 0 Å². The van der Waals surface area contributed by atoms with Crippen LogP contribution in [-0.2, 0) is 13.0 Å². The second-order valence-electron chi connectivity index (χ2n) is 6.35. The third-order valence-corrected chi connectivity index (χ3v) is 4.88. The van der Waals surface area contributed by atoms with Gasteiger partial charge in [-0.3, -0.25) is 0 Å². The summed E-state index contributed by atoms with van der Waals surface area (Å²) < 4.78 is 2.31. The molecule has 0 N–H and O–H groups in total. The lowest BCUT2D eigenvalue weighted by molar-refractivity contribution is 0.312. The van der Waals surface area contributed by atoms with Crippen LogP contribution in [0.25, 0.3) is 22.7 Å². The molecule has 4 nitrogen and oxygen atoms in total. The van der Waals surface area contributed by atoms with Crippen LogP contribution in [0.4, 0.5) is 0 Å². The third-order valence-electron chi connectivity index (χ3n) is 4.65. The van der Waals surface area contributed by atoms with Gasteiger partial charge in [0.05, 0.1) is 11.2 Å². The highest BCUT2D eigenvalue weighted by Gasteiger charge is 2.22. The van der Waals surface area contributed by atoms with E-state index in [4.69, 9.17) is 11.6 Å². The summed E-state index contributed by atoms with van der Waals surface area (Å²) in [6, 6.07) is 8.09. The van der Waals surface area contributed by atoms with Crippen LogP contribution < -0.4 is 0 Å². The van der Waals surface area contributed by atoms with E-state index in [9.17, 15) is 0 Å². The number of benzene rings is 1. The first-order valence-corrected chi connectivity index (χ1v) is 8.46. The minimum absolute atomic E-state index is 0.784. The molecule has 5 heteroatoms. The van der Waals surface area contributed by atoms with E-state index in [2.05, 4.69) is 51.7 Å². The van der Waals surface area contributed by atoms with Gasteiger partial charge in [0, 0.05) is 48.0 Å². The molecule has 3 heterocycles. The summed E-state index contributed by atoms with van der Waals surface area (Å²) in [6.45, 7) is 4.11. The van der Waals surface area contributed by atoms with Gasteiger partial charge in [-0.2, -0.15) is 0 Å². The molecule has 0 bridgehead atoms. The van der Waals surface area contributed by atoms with Crippen LogP contribution in [-0.4, -0.2) is 33.0 Å². The highest BCUT2D eigenvalue weighted by atomic mass is 35.5. The topological polar surface area (TPSA) is 34.0 Å². The molecular weight excluding hydrogens is 320 g/mol. The Labute approximate surface area is 146 Å². The zero-order chi connectivity index (χ0) is 16.7. The second kappa shape index (κ2) is 6.04. The molecule has 122 valence electrons. The number of halogens is 1. The van der Waals surface area contributed by atoms with Gasteiger partial charge < -0.3 is 9.47 Å². The summed E-state index contributed by atoms with van der Waals surface area (Å²) in [5, 5.41) is 2.03. The summed E-state index contributed by atoms with van der Waals surface area (Å²) in [6.07, 6.45) is 6.58. The molecule has 2 aromatic heterocycles. The Morgan fingerprint density at radius 1 is 1.29 bits per heavy atom. The Kier molecular flexibility index (Phi) is 3.87. The number of rotatable bonds is 2. The van der Waals surface area contributed by atoms with E-state index in [1.54, 1.807) is 12.5 Å². The van der Waals surface area contributed by atoms with Gasteiger partial charge in [0.2, 0.25) is 0 Å². The Morgan fingerprint density at radius 3 is 2.96 bits per heavy atom. The fraction of sp³-hybridized carbons (Fsp3) is 0.263. The van der Waals surface area contributed by atoms with Gasteiger partial charge in [-0.05, 0) is 49.4 Å². The normalized spacial score (nSPS) is 15.7. The largest absolute Gasteiger partial charge is 0.320 e. The van der Waals surface area contributed by atoms with E-state index in [0.717, 1.165) is 35.8 Å². The molecule has 0 spiro atoms. The zero-order valence-electron chi connectivity index (χ0n) is 13.8. The van der Waals surface area contributed by atoms with Gasteiger partial charge in [0.25, 0.3) is 0 Å². The molecule has 0 radical (unpaired) electrons. The number of hydrogen-bond donors (Lipinski definition) is 0. The van der Waals surface area contributed by atoms with E-state index in [1.165, 1.54) is 22.2 Å². The van der Waals surface area contributed by atoms with Crippen molar-refractivity contribution >= 4 is 34.3 Å². The molecule has 24 heavy (non-hydrogen) atoms. The van der Waals surface area contributed by atoms with Crippen LogP contribution in [0.2, 0.25) is 5.02 Å². The first kappa shape index (κ1) is 15.4. The van der Waals surface area contributed by atoms with E-state index in [1.807, 2.05) is 12.1 Å². The first-order chi connectivity index (χ1) is 11.6. The van der Waals surface area contributed by atoms with Crippen LogP contribution in [0.15, 0.2) is 36.8 Å². The molecule has 1 aliphatic rings. The van der Waals surface area contributed by atoms with Gasteiger partial charge in [-0.15, -0.1) is 0 Å². The number of aromatic nitrogens is 3. The van der Waals surface area contributed by atoms with Crippen molar-refractivity contribution in [1.82, 2.24) is 19.4 Å². The minimum Gasteiger partial charge on any atom is -0.320 e. The van der Waals surface area contributed by atoms with Gasteiger partial charge in [0.1, 0.15) is 6.33 Å². The Balaban J connectivity index is 1.92. The molecule has 1 aliphatic heterocycles. The number of hydrogen-bond acceptors (Lipinski definition) is 3. The molecule has 0 fully saturated rings. The second-order valence-corrected chi connectivity index (χ2v) is 6.79. The smallest absolute Gasteiger partial charge is 0.116 e. The summed E-state index contributed by atoms with van der Waals surface area (Å²) >= 11 is 6.25. The molecule has 0 aliphatic carbocycles. The molecule has 0 saturated carbocycles. The number of likely N-dealkylation sites (N-methyl/N-ethyl adjacent to an activating group) is 1. The molecule has 0 amide bonds. The predicted molar refractivity (Wildman–Crippen MR) is 98.9 cm³/mol. The van der Waals surface area contributed by atoms with Crippen molar-refractivity contribution in [1.29, 1.82) is 0 Å². The summed E-state index contributed by atoms with van der Waals surface area (Å²) in [7, 11) is 2.17. The molecule has 0 atom stereocenters. The van der Waals surface area contributed by atoms with Crippen LogP contribution >= 0.6 is 11.6 Å². The van der Waals surface area contributed by atoms with Crippen LogP contribution in [0.1, 0.15) is 23.9 Å². The lowest BCUT2D eigenvalue weighted by atomic mass is 10.1. The summed E-state index contributed by atoms with van der Waals surface area (Å²) in [5.74, 6) is 0. The standard InChI is InChI=1S/C19H19ClN4/c1-13(17-5-7-21-12-22-17)10-24-18-4-3-14(20)9-15(18)16-11-23(2)8-6-19(16)24/h3-5,7,9-10,12H,6,8,11H2,1-2H3/b13-10-. The molecular formula is C19H19ClN4. The summed E-state index contributed by atoms with van der Waals surface area (Å²) in [4.78, 5) is 10.7. The average Bonchev–Trinajstić information content (AvgIpc) is 2.88. The molecule has 1 aromatic carbocycles. The SMILES string of the molecule is C/C(=C/n1c2c(c3cc(Cl)ccc31)CN(C)CC2)c1ccncn1. The minimum atomic E-state index is 0.784. The molecule has 0 saturated heterocycles. The fourth-order valence-corrected chi connectivity index (χ4v) is 3.60. The van der Waals surface area contributed by atoms with Gasteiger partial charge in [-0.1, -0.05) is 11.6 Å². The van der Waals surface area contributed by atoms with Crippen LogP contribution in [0.5, 0.6) is 0 Å². The highest BCUT2D eigenvalue weighted by Crippen LogP contribution is 2.33. The van der Waals surface area contributed by atoms with Crippen LogP contribution in [0, 0.1) is 0 Å². The van der Waals surface area contributed by atoms with E-state index in [-0.39, 0.29) is 0 Å². The number of nitrogens with zero attached hydrogens (tertiary/aromatic N) is 4. The third kappa shape index (κ3) is 2.62. The van der Waals surface area contributed by atoms with Crippen LogP contribution in [0.3, 0.4) is 0 Å². The quantitative estimate of drug-likeness (QED) is 0.705. The van der Waals surface area contributed by atoms with Gasteiger partial charge in [0.15, 0.2) is 0 Å². The maximum absolute atomic E-state index is 6.25. The lowest BCUT2D eigenvalue weighted by Crippen LogP contribution is -2.26. The summed E-state index contributed by atoms with van der Waals surface area (Å²) in [5.41, 5.74) is 6.02. The molecule has 4 rings (SSSR count). The maximum Gasteiger partial charge on any atom is 0.116 e. The highest BCUT2D eigenvalue weighted by molar-refractivity contribution is 6.31. The van der Waals surface area contributed by atoms with Crippen molar-refractivity contribution in [3.63, 3.8) is 0 Å². The van der Waals surface area contributed by atoms with E-state index < -0.39 is 0 Å². The predicted octanol–water partition coefficient (Wildman–Crippen LogP) is 4.09. The van der Waals surface area contributed by atoms with E-state index in [0.29, 0.717) is 0 Å². The van der Waals surface area contributed by atoms with Gasteiger partial charge >= 0.3 is 0 Å². The van der Waals surface area contributed by atoms with Crippen molar-refractivity contribution in [3.8, 4) is 0 Å². The van der Waals surface area contributed by atoms with Crippen molar-refractivity contribution in [2.24, 2.45) is 0 Å². The number of allylic oxidation sites excluding steroid dienone is 1. The molecule has 3 aromatic rings. The molecule has 0 unspecified atom stereocenters. The van der Waals surface area contributed by atoms with E-state index >= 15 is 0 Å². The maximum atomic E-state index is 6.25. The first-order valence-electron chi connectivity index (χ1n) is 8.08. The monoisotopic (exact) mass is 338 g/mol.